The van der Waals surface area contributed by atoms with Crippen molar-refractivity contribution in [1.29, 1.82) is 0 Å². The first kappa shape index (κ1) is 15.5. The molecule has 2 N–H and O–H groups in total. The Morgan fingerprint density at radius 2 is 2.04 bits per heavy atom. The molecule has 1 aromatic carbocycles. The van der Waals surface area contributed by atoms with Gasteiger partial charge in [-0.2, -0.15) is 0 Å². The number of hydrogen-bond donors (Lipinski definition) is 1. The molecule has 3 heterocycles. The lowest BCUT2D eigenvalue weighted by Crippen LogP contribution is -2.65. The van der Waals surface area contributed by atoms with E-state index < -0.39 is 6.04 Å². The second-order valence-corrected chi connectivity index (χ2v) is 8.38. The van der Waals surface area contributed by atoms with Crippen LogP contribution in [-0.4, -0.2) is 47.2 Å². The van der Waals surface area contributed by atoms with Crippen LogP contribution >= 0.6 is 11.8 Å². The van der Waals surface area contributed by atoms with Crippen LogP contribution in [0.15, 0.2) is 24.3 Å². The van der Waals surface area contributed by atoms with Crippen molar-refractivity contribution in [3.63, 3.8) is 0 Å². The number of rotatable bonds is 3. The molecule has 0 bridgehead atoms. The number of fused-ring (bicyclic) bond motifs is 1. The first-order chi connectivity index (χ1) is 11.4. The summed E-state index contributed by atoms with van der Waals surface area (Å²) in [6, 6.07) is 5.51. The third kappa shape index (κ3) is 2.22. The minimum absolute atomic E-state index is 0.0338. The topological polar surface area (TPSA) is 89.9 Å². The summed E-state index contributed by atoms with van der Waals surface area (Å²) < 4.78 is 14.5. The SMILES string of the molecule is CC1(C)SC2C(N)C(=O)N2C1c1nnnn1Cc1ccc(F)cc1. The number of benzene rings is 1. The molecule has 3 unspecified atom stereocenters. The lowest BCUT2D eigenvalue weighted by Gasteiger charge is -2.42. The average molecular weight is 348 g/mol. The van der Waals surface area contributed by atoms with E-state index in [-0.39, 0.29) is 27.9 Å². The quantitative estimate of drug-likeness (QED) is 0.830. The Bertz CT molecular complexity index is 792. The molecule has 0 aliphatic carbocycles. The number of carbonyl (C=O) groups excluding carboxylic acids is 1. The Morgan fingerprint density at radius 1 is 1.33 bits per heavy atom. The van der Waals surface area contributed by atoms with Crippen molar-refractivity contribution < 1.29 is 9.18 Å². The molecule has 2 saturated heterocycles. The maximum absolute atomic E-state index is 13.1. The molecule has 2 fully saturated rings. The maximum atomic E-state index is 13.1. The van der Waals surface area contributed by atoms with Crippen LogP contribution in [0.3, 0.4) is 0 Å². The van der Waals surface area contributed by atoms with Crippen LogP contribution < -0.4 is 5.73 Å². The molecule has 2 aliphatic heterocycles. The summed E-state index contributed by atoms with van der Waals surface area (Å²) >= 11 is 1.67. The average Bonchev–Trinajstić information content (AvgIpc) is 3.09. The van der Waals surface area contributed by atoms with Crippen molar-refractivity contribution in [2.45, 2.75) is 42.6 Å². The first-order valence-electron chi connectivity index (χ1n) is 7.64. The predicted octanol–water partition coefficient (Wildman–Crippen LogP) is 0.923. The van der Waals surface area contributed by atoms with Crippen molar-refractivity contribution in [2.24, 2.45) is 5.73 Å². The fourth-order valence-corrected chi connectivity index (χ4v) is 4.92. The zero-order valence-corrected chi connectivity index (χ0v) is 14.1. The summed E-state index contributed by atoms with van der Waals surface area (Å²) in [5.74, 6) is 0.269. The molecule has 0 spiro atoms. The van der Waals surface area contributed by atoms with Gasteiger partial charge in [-0.25, -0.2) is 9.07 Å². The third-order valence-electron chi connectivity index (χ3n) is 4.53. The molecule has 7 nitrogen and oxygen atoms in total. The highest BCUT2D eigenvalue weighted by Gasteiger charge is 2.61. The highest BCUT2D eigenvalue weighted by atomic mass is 32.2. The number of thioether (sulfide) groups is 1. The van der Waals surface area contributed by atoms with Crippen molar-refractivity contribution >= 4 is 17.7 Å². The van der Waals surface area contributed by atoms with Gasteiger partial charge in [-0.3, -0.25) is 4.79 Å². The standard InChI is InChI=1S/C15H17FN6OS/c1-15(2)11(22-13(23)10(17)14(22)24-15)12-18-19-20-21(12)7-8-3-5-9(16)6-4-8/h3-6,10-11,14H,7,17H2,1-2H3. The Morgan fingerprint density at radius 3 is 2.75 bits per heavy atom. The van der Waals surface area contributed by atoms with Crippen LogP contribution in [-0.2, 0) is 11.3 Å². The van der Waals surface area contributed by atoms with Gasteiger partial charge in [-0.05, 0) is 42.0 Å². The number of carbonyl (C=O) groups is 1. The molecule has 1 aromatic heterocycles. The molecule has 126 valence electrons. The lowest BCUT2D eigenvalue weighted by atomic mass is 9.95. The van der Waals surface area contributed by atoms with E-state index in [1.165, 1.54) is 12.1 Å². The van der Waals surface area contributed by atoms with Crippen LogP contribution in [0, 0.1) is 5.82 Å². The monoisotopic (exact) mass is 348 g/mol. The van der Waals surface area contributed by atoms with E-state index in [0.717, 1.165) is 5.56 Å². The lowest BCUT2D eigenvalue weighted by molar-refractivity contribution is -0.147. The van der Waals surface area contributed by atoms with E-state index >= 15 is 0 Å². The van der Waals surface area contributed by atoms with Gasteiger partial charge in [0.05, 0.1) is 6.54 Å². The highest BCUT2D eigenvalue weighted by molar-refractivity contribution is 8.01. The van der Waals surface area contributed by atoms with Crippen molar-refractivity contribution in [2.75, 3.05) is 0 Å². The van der Waals surface area contributed by atoms with E-state index in [2.05, 4.69) is 29.4 Å². The fraction of sp³-hybridized carbons (Fsp3) is 0.467. The molecule has 3 atom stereocenters. The highest BCUT2D eigenvalue weighted by Crippen LogP contribution is 2.56. The smallest absolute Gasteiger partial charge is 0.244 e. The minimum atomic E-state index is -0.458. The molecule has 24 heavy (non-hydrogen) atoms. The zero-order valence-electron chi connectivity index (χ0n) is 13.3. The van der Waals surface area contributed by atoms with Crippen LogP contribution in [0.4, 0.5) is 4.39 Å². The van der Waals surface area contributed by atoms with Gasteiger partial charge in [-0.15, -0.1) is 16.9 Å². The number of amides is 1. The van der Waals surface area contributed by atoms with Crippen molar-refractivity contribution in [3.05, 3.63) is 41.5 Å². The van der Waals surface area contributed by atoms with Crippen molar-refractivity contribution in [3.8, 4) is 0 Å². The third-order valence-corrected chi connectivity index (χ3v) is 6.12. The Balaban J connectivity index is 1.66. The number of nitrogens with two attached hydrogens (primary N) is 1. The largest absolute Gasteiger partial charge is 0.317 e. The summed E-state index contributed by atoms with van der Waals surface area (Å²) in [6.07, 6.45) is 0. The molecule has 9 heteroatoms. The van der Waals surface area contributed by atoms with Crippen molar-refractivity contribution in [1.82, 2.24) is 25.1 Å². The Hall–Kier alpha value is -2.00. The van der Waals surface area contributed by atoms with Gasteiger partial charge >= 0.3 is 0 Å². The second-order valence-electron chi connectivity index (χ2n) is 6.61. The summed E-state index contributed by atoms with van der Waals surface area (Å²) in [5, 5.41) is 12.0. The number of aromatic nitrogens is 4. The van der Waals surface area contributed by atoms with E-state index in [4.69, 9.17) is 5.73 Å². The van der Waals surface area contributed by atoms with Crippen LogP contribution in [0.1, 0.15) is 31.3 Å². The number of tetrazole rings is 1. The summed E-state index contributed by atoms with van der Waals surface area (Å²) in [4.78, 5) is 14.0. The predicted molar refractivity (Wildman–Crippen MR) is 86.3 cm³/mol. The van der Waals surface area contributed by atoms with Gasteiger partial charge in [0.15, 0.2) is 5.82 Å². The first-order valence-corrected chi connectivity index (χ1v) is 8.52. The molecule has 0 radical (unpaired) electrons. The van der Waals surface area contributed by atoms with Gasteiger partial charge in [0.2, 0.25) is 5.91 Å². The molecular formula is C15H17FN6OS. The molecule has 2 aliphatic rings. The number of β-lactam (4-membered cyclic amide) rings is 1. The van der Waals surface area contributed by atoms with Gasteiger partial charge in [-0.1, -0.05) is 12.1 Å². The normalized spacial score (nSPS) is 27.9. The zero-order chi connectivity index (χ0) is 17.1. The Kier molecular flexibility index (Phi) is 3.40. The fourth-order valence-electron chi connectivity index (χ4n) is 3.34. The van der Waals surface area contributed by atoms with E-state index in [1.54, 1.807) is 33.5 Å². The van der Waals surface area contributed by atoms with Gasteiger partial charge in [0, 0.05) is 4.75 Å². The number of halogens is 1. The summed E-state index contributed by atoms with van der Waals surface area (Å²) in [7, 11) is 0. The van der Waals surface area contributed by atoms with E-state index in [1.807, 2.05) is 0 Å². The van der Waals surface area contributed by atoms with Gasteiger partial charge in [0.25, 0.3) is 0 Å². The van der Waals surface area contributed by atoms with Crippen LogP contribution in [0.2, 0.25) is 0 Å². The van der Waals surface area contributed by atoms with Gasteiger partial charge < -0.3 is 10.6 Å². The molecule has 4 rings (SSSR count). The second kappa shape index (κ2) is 5.25. The minimum Gasteiger partial charge on any atom is -0.317 e. The molecule has 0 saturated carbocycles. The summed E-state index contributed by atoms with van der Waals surface area (Å²) in [5.41, 5.74) is 6.80. The van der Waals surface area contributed by atoms with Crippen LogP contribution in [0.5, 0.6) is 0 Å². The van der Waals surface area contributed by atoms with E-state index in [9.17, 15) is 9.18 Å². The molecule has 1 amide bonds. The summed E-state index contributed by atoms with van der Waals surface area (Å²) in [6.45, 7) is 4.55. The molecule has 2 aromatic rings. The van der Waals surface area contributed by atoms with E-state index in [0.29, 0.717) is 12.4 Å². The number of nitrogens with zero attached hydrogens (tertiary/aromatic N) is 5. The maximum Gasteiger partial charge on any atom is 0.244 e. The van der Waals surface area contributed by atoms with Crippen LogP contribution in [0.25, 0.3) is 0 Å². The Labute approximate surface area is 142 Å². The van der Waals surface area contributed by atoms with Gasteiger partial charge in [0.1, 0.15) is 23.3 Å². The molecular weight excluding hydrogens is 331 g/mol. The number of hydrogen-bond acceptors (Lipinski definition) is 6.